The maximum Gasteiger partial charge on any atom is 0.249 e. The molecule has 0 bridgehead atoms. The molecule has 1 amide bonds. The summed E-state index contributed by atoms with van der Waals surface area (Å²) in [5.41, 5.74) is 1.54. The van der Waals surface area contributed by atoms with Crippen molar-refractivity contribution in [3.05, 3.63) is 41.2 Å². The molecule has 0 aliphatic carbocycles. The largest absolute Gasteiger partial charge is 0.335 e. The van der Waals surface area contributed by atoms with E-state index in [1.54, 1.807) is 12.1 Å². The summed E-state index contributed by atoms with van der Waals surface area (Å²) in [6, 6.07) is 6.46. The second kappa shape index (κ2) is 8.15. The second-order valence-electron chi connectivity index (χ2n) is 5.23. The Morgan fingerprint density at radius 2 is 2.10 bits per heavy atom. The van der Waals surface area contributed by atoms with E-state index in [0.29, 0.717) is 5.57 Å². The number of nitrogens with one attached hydrogen (secondary N) is 1. The van der Waals surface area contributed by atoms with Gasteiger partial charge in [-0.2, -0.15) is 0 Å². The topological polar surface area (TPSA) is 32.3 Å². The van der Waals surface area contributed by atoms with Gasteiger partial charge in [0.2, 0.25) is 5.91 Å². The molecule has 3 nitrogen and oxygen atoms in total. The Hall–Kier alpha value is -1.39. The first kappa shape index (κ1) is 17.7. The van der Waals surface area contributed by atoms with Gasteiger partial charge in [-0.15, -0.1) is 12.4 Å². The molecule has 1 aromatic carbocycles. The molecule has 1 fully saturated rings. The van der Waals surface area contributed by atoms with Crippen molar-refractivity contribution in [3.8, 4) is 0 Å². The van der Waals surface area contributed by atoms with Crippen LogP contribution in [0, 0.1) is 5.82 Å². The van der Waals surface area contributed by atoms with Crippen molar-refractivity contribution in [2.75, 3.05) is 20.1 Å². The summed E-state index contributed by atoms with van der Waals surface area (Å²) in [6.45, 7) is 3.47. The Morgan fingerprint density at radius 1 is 1.43 bits per heavy atom. The zero-order valence-corrected chi connectivity index (χ0v) is 13.3. The number of carbonyl (C=O) groups excluding carboxylic acids is 1. The van der Waals surface area contributed by atoms with Crippen molar-refractivity contribution >= 4 is 24.4 Å². The van der Waals surface area contributed by atoms with Crippen LogP contribution in [0.15, 0.2) is 29.8 Å². The minimum Gasteiger partial charge on any atom is -0.335 e. The molecule has 0 aromatic heterocycles. The van der Waals surface area contributed by atoms with Crippen molar-refractivity contribution in [2.24, 2.45) is 0 Å². The highest BCUT2D eigenvalue weighted by molar-refractivity contribution is 5.97. The molecule has 1 heterocycles. The molecule has 1 aliphatic rings. The fourth-order valence-electron chi connectivity index (χ4n) is 2.65. The number of carbonyl (C=O) groups is 1. The molecular formula is C16H22ClFN2O. The van der Waals surface area contributed by atoms with Crippen LogP contribution in [0.1, 0.15) is 25.3 Å². The van der Waals surface area contributed by atoms with Crippen LogP contribution in [0.25, 0.3) is 6.08 Å². The van der Waals surface area contributed by atoms with Gasteiger partial charge in [-0.25, -0.2) is 4.39 Å². The lowest BCUT2D eigenvalue weighted by atomic mass is 10.1. The Morgan fingerprint density at radius 3 is 2.71 bits per heavy atom. The number of halogens is 2. The molecule has 1 aromatic rings. The molecule has 1 saturated heterocycles. The van der Waals surface area contributed by atoms with Crippen molar-refractivity contribution in [1.29, 1.82) is 0 Å². The predicted molar refractivity (Wildman–Crippen MR) is 86.0 cm³/mol. The lowest BCUT2D eigenvalue weighted by molar-refractivity contribution is -0.127. The maximum absolute atomic E-state index is 12.9. The molecule has 2 rings (SSSR count). The van der Waals surface area contributed by atoms with Gasteiger partial charge < -0.3 is 10.2 Å². The number of amides is 1. The molecular weight excluding hydrogens is 291 g/mol. The third kappa shape index (κ3) is 4.55. The van der Waals surface area contributed by atoms with Crippen LogP contribution in [0.4, 0.5) is 4.39 Å². The van der Waals surface area contributed by atoms with Crippen LogP contribution in [-0.2, 0) is 4.79 Å². The predicted octanol–water partition coefficient (Wildman–Crippen LogP) is 2.86. The number of likely N-dealkylation sites (tertiary alicyclic amines) is 1. The van der Waals surface area contributed by atoms with E-state index >= 15 is 0 Å². The Bertz CT molecular complexity index is 502. The fourth-order valence-corrected chi connectivity index (χ4v) is 2.65. The second-order valence-corrected chi connectivity index (χ2v) is 5.23. The molecule has 1 aliphatic heterocycles. The number of hydrogen-bond donors (Lipinski definition) is 1. The molecule has 21 heavy (non-hydrogen) atoms. The minimum atomic E-state index is -0.264. The summed E-state index contributed by atoms with van der Waals surface area (Å²) < 4.78 is 12.9. The van der Waals surface area contributed by atoms with E-state index in [1.807, 2.05) is 24.9 Å². The van der Waals surface area contributed by atoms with Crippen molar-refractivity contribution in [1.82, 2.24) is 10.2 Å². The first-order chi connectivity index (χ1) is 9.61. The van der Waals surface area contributed by atoms with E-state index in [0.717, 1.165) is 31.5 Å². The highest BCUT2D eigenvalue weighted by Crippen LogP contribution is 2.20. The van der Waals surface area contributed by atoms with Gasteiger partial charge in [0, 0.05) is 24.7 Å². The van der Waals surface area contributed by atoms with Crippen LogP contribution >= 0.6 is 12.4 Å². The van der Waals surface area contributed by atoms with E-state index in [2.05, 4.69) is 5.32 Å². The van der Waals surface area contributed by atoms with Crippen LogP contribution in [0.2, 0.25) is 0 Å². The molecule has 116 valence electrons. The normalized spacial score (nSPS) is 18.5. The lowest BCUT2D eigenvalue weighted by Crippen LogP contribution is -2.41. The first-order valence-corrected chi connectivity index (χ1v) is 7.01. The quantitative estimate of drug-likeness (QED) is 0.867. The monoisotopic (exact) mass is 312 g/mol. The summed E-state index contributed by atoms with van der Waals surface area (Å²) in [4.78, 5) is 14.4. The van der Waals surface area contributed by atoms with E-state index in [-0.39, 0.29) is 30.2 Å². The van der Waals surface area contributed by atoms with Crippen molar-refractivity contribution < 1.29 is 9.18 Å². The lowest BCUT2D eigenvalue weighted by Gasteiger charge is -2.24. The van der Waals surface area contributed by atoms with Gasteiger partial charge in [0.25, 0.3) is 0 Å². The molecule has 1 atom stereocenters. The Balaban J connectivity index is 0.00000220. The van der Waals surface area contributed by atoms with E-state index in [1.165, 1.54) is 12.1 Å². The first-order valence-electron chi connectivity index (χ1n) is 7.01. The van der Waals surface area contributed by atoms with Crippen molar-refractivity contribution in [2.45, 2.75) is 25.8 Å². The summed E-state index contributed by atoms with van der Waals surface area (Å²) in [7, 11) is 1.90. The van der Waals surface area contributed by atoms with E-state index in [4.69, 9.17) is 0 Å². The summed E-state index contributed by atoms with van der Waals surface area (Å²) in [5, 5.41) is 3.13. The van der Waals surface area contributed by atoms with Gasteiger partial charge in [0.05, 0.1) is 0 Å². The highest BCUT2D eigenvalue weighted by Gasteiger charge is 2.28. The van der Waals surface area contributed by atoms with Crippen LogP contribution < -0.4 is 5.32 Å². The molecule has 0 saturated carbocycles. The maximum atomic E-state index is 12.9. The number of hydrogen-bond acceptors (Lipinski definition) is 2. The minimum absolute atomic E-state index is 0. The average molecular weight is 313 g/mol. The molecule has 5 heteroatoms. The van der Waals surface area contributed by atoms with Gasteiger partial charge in [0.1, 0.15) is 5.82 Å². The van der Waals surface area contributed by atoms with Crippen LogP contribution in [0.3, 0.4) is 0 Å². The standard InChI is InChI=1S/C16H21FN2O.ClH/c1-12(10-13-5-7-14(17)8-6-13)16(20)19-9-3-4-15(19)11-18-2;/h5-8,10,15,18H,3-4,9,11H2,1-2H3;1H. The Labute approximate surface area is 131 Å². The number of benzene rings is 1. The molecule has 0 spiro atoms. The highest BCUT2D eigenvalue weighted by atomic mass is 35.5. The smallest absolute Gasteiger partial charge is 0.249 e. The van der Waals surface area contributed by atoms with Gasteiger partial charge in [-0.3, -0.25) is 4.79 Å². The van der Waals surface area contributed by atoms with Gasteiger partial charge in [-0.05, 0) is 50.6 Å². The third-order valence-electron chi connectivity index (χ3n) is 3.67. The van der Waals surface area contributed by atoms with E-state index < -0.39 is 0 Å². The number of likely N-dealkylation sites (N-methyl/N-ethyl adjacent to an activating group) is 1. The third-order valence-corrected chi connectivity index (χ3v) is 3.67. The molecule has 1 N–H and O–H groups in total. The molecule has 1 unspecified atom stereocenters. The summed E-state index contributed by atoms with van der Waals surface area (Å²) >= 11 is 0. The molecule has 0 radical (unpaired) electrons. The SMILES string of the molecule is CNCC1CCCN1C(=O)C(C)=Cc1ccc(F)cc1.Cl. The zero-order chi connectivity index (χ0) is 14.5. The van der Waals surface area contributed by atoms with Gasteiger partial charge >= 0.3 is 0 Å². The van der Waals surface area contributed by atoms with Gasteiger partial charge in [-0.1, -0.05) is 12.1 Å². The van der Waals surface area contributed by atoms with Crippen LogP contribution in [-0.4, -0.2) is 37.0 Å². The fraction of sp³-hybridized carbons (Fsp3) is 0.438. The number of nitrogens with zero attached hydrogens (tertiary/aromatic N) is 1. The zero-order valence-electron chi connectivity index (χ0n) is 12.4. The van der Waals surface area contributed by atoms with Gasteiger partial charge in [0.15, 0.2) is 0 Å². The van der Waals surface area contributed by atoms with E-state index in [9.17, 15) is 9.18 Å². The number of rotatable bonds is 4. The van der Waals surface area contributed by atoms with Crippen molar-refractivity contribution in [3.63, 3.8) is 0 Å². The summed E-state index contributed by atoms with van der Waals surface area (Å²) in [5.74, 6) is -0.188. The Kier molecular flexibility index (Phi) is 6.85. The van der Waals surface area contributed by atoms with Crippen LogP contribution in [0.5, 0.6) is 0 Å². The summed E-state index contributed by atoms with van der Waals surface area (Å²) in [6.07, 6.45) is 3.93. The average Bonchev–Trinajstić information content (AvgIpc) is 2.89.